The van der Waals surface area contributed by atoms with Crippen molar-refractivity contribution in [3.05, 3.63) is 127 Å². The maximum Gasteiger partial charge on any atom is 0.226 e. The molecule has 1 aromatic heterocycles. The molecule has 1 heterocycles. The predicted octanol–water partition coefficient (Wildman–Crippen LogP) is 8.35. The lowest BCUT2D eigenvalue weighted by atomic mass is 9.96. The molecule has 0 amide bonds. The van der Waals surface area contributed by atoms with Gasteiger partial charge in [0.1, 0.15) is 0 Å². The van der Waals surface area contributed by atoms with Crippen molar-refractivity contribution in [1.82, 2.24) is 15.0 Å². The summed E-state index contributed by atoms with van der Waals surface area (Å²) in [5.41, 5.74) is 6.20. The molecular formula is C31H20ClN3. The van der Waals surface area contributed by atoms with E-state index in [0.29, 0.717) is 11.6 Å². The van der Waals surface area contributed by atoms with Crippen LogP contribution in [-0.4, -0.2) is 15.0 Å². The summed E-state index contributed by atoms with van der Waals surface area (Å²) in [4.78, 5) is 14.0. The third-order valence-electron chi connectivity index (χ3n) is 6.07. The molecule has 6 rings (SSSR count). The quantitative estimate of drug-likeness (QED) is 0.260. The molecule has 3 nitrogen and oxygen atoms in total. The molecule has 0 unspecified atom stereocenters. The zero-order chi connectivity index (χ0) is 23.6. The Morgan fingerprint density at radius 1 is 0.429 bits per heavy atom. The number of rotatable bonds is 4. The van der Waals surface area contributed by atoms with Gasteiger partial charge in [-0.3, -0.25) is 0 Å². The number of benzene rings is 5. The standard InChI is InChI=1S/C31H20ClN3/c32-31-34-29(27-18-10-9-16-25(27)22-13-5-2-6-14-22)33-30(35-31)28-20-24(21-11-3-1-4-12-21)19-23-15-7-8-17-26(23)28/h1-20H. The smallest absolute Gasteiger partial charge is 0.208 e. The Morgan fingerprint density at radius 2 is 1.00 bits per heavy atom. The van der Waals surface area contributed by atoms with Crippen LogP contribution in [0.15, 0.2) is 121 Å². The molecule has 0 spiro atoms. The van der Waals surface area contributed by atoms with E-state index in [1.54, 1.807) is 0 Å². The van der Waals surface area contributed by atoms with Gasteiger partial charge in [-0.2, -0.15) is 9.97 Å². The fourth-order valence-corrected chi connectivity index (χ4v) is 4.59. The summed E-state index contributed by atoms with van der Waals surface area (Å²) < 4.78 is 0. The largest absolute Gasteiger partial charge is 0.226 e. The average Bonchev–Trinajstić information content (AvgIpc) is 2.93. The van der Waals surface area contributed by atoms with Gasteiger partial charge in [0.15, 0.2) is 11.6 Å². The van der Waals surface area contributed by atoms with E-state index in [1.165, 1.54) is 0 Å². The summed E-state index contributed by atoms with van der Waals surface area (Å²) >= 11 is 6.49. The highest BCUT2D eigenvalue weighted by Crippen LogP contribution is 2.35. The third kappa shape index (κ3) is 4.18. The van der Waals surface area contributed by atoms with Crippen molar-refractivity contribution in [2.45, 2.75) is 0 Å². The van der Waals surface area contributed by atoms with Crippen LogP contribution >= 0.6 is 11.6 Å². The van der Waals surface area contributed by atoms with Crippen LogP contribution in [0.1, 0.15) is 0 Å². The highest BCUT2D eigenvalue weighted by molar-refractivity contribution is 6.28. The molecule has 0 aliphatic carbocycles. The first-order valence-electron chi connectivity index (χ1n) is 11.4. The van der Waals surface area contributed by atoms with Crippen LogP contribution in [0, 0.1) is 0 Å². The van der Waals surface area contributed by atoms with Crippen molar-refractivity contribution in [3.8, 4) is 45.0 Å². The number of nitrogens with zero attached hydrogens (tertiary/aromatic N) is 3. The van der Waals surface area contributed by atoms with E-state index in [9.17, 15) is 0 Å². The summed E-state index contributed by atoms with van der Waals surface area (Å²) in [6, 6.07) is 41.3. The number of aromatic nitrogens is 3. The minimum Gasteiger partial charge on any atom is -0.208 e. The summed E-state index contributed by atoms with van der Waals surface area (Å²) in [5.74, 6) is 1.10. The van der Waals surface area contributed by atoms with Gasteiger partial charge in [0, 0.05) is 11.1 Å². The van der Waals surface area contributed by atoms with E-state index in [2.05, 4.69) is 64.6 Å². The number of hydrogen-bond acceptors (Lipinski definition) is 3. The molecule has 6 aromatic rings. The number of halogens is 1. The SMILES string of the molecule is Clc1nc(-c2ccccc2-c2ccccc2)nc(-c2cc(-c3ccccc3)cc3ccccc23)n1. The van der Waals surface area contributed by atoms with Gasteiger partial charge in [0.2, 0.25) is 5.28 Å². The van der Waals surface area contributed by atoms with E-state index in [0.717, 1.165) is 44.2 Å². The minimum atomic E-state index is 0.169. The molecule has 0 saturated carbocycles. The second-order valence-electron chi connectivity index (χ2n) is 8.27. The highest BCUT2D eigenvalue weighted by Gasteiger charge is 2.16. The second kappa shape index (κ2) is 9.13. The monoisotopic (exact) mass is 469 g/mol. The predicted molar refractivity (Wildman–Crippen MR) is 144 cm³/mol. The Morgan fingerprint density at radius 3 is 1.74 bits per heavy atom. The average molecular weight is 470 g/mol. The molecule has 166 valence electrons. The Kier molecular flexibility index (Phi) is 5.53. The molecule has 0 radical (unpaired) electrons. The second-order valence-corrected chi connectivity index (χ2v) is 8.61. The first-order valence-corrected chi connectivity index (χ1v) is 11.8. The fraction of sp³-hybridized carbons (Fsp3) is 0. The molecule has 0 saturated heterocycles. The van der Waals surface area contributed by atoms with Crippen molar-refractivity contribution < 1.29 is 0 Å². The molecule has 0 atom stereocenters. The maximum atomic E-state index is 6.49. The van der Waals surface area contributed by atoms with Crippen molar-refractivity contribution >= 4 is 22.4 Å². The van der Waals surface area contributed by atoms with Gasteiger partial charge in [0.05, 0.1) is 0 Å². The molecule has 0 bridgehead atoms. The lowest BCUT2D eigenvalue weighted by Crippen LogP contribution is -1.99. The summed E-state index contributed by atoms with van der Waals surface area (Å²) in [7, 11) is 0. The zero-order valence-corrected chi connectivity index (χ0v) is 19.5. The van der Waals surface area contributed by atoms with Crippen molar-refractivity contribution in [2.24, 2.45) is 0 Å². The van der Waals surface area contributed by atoms with Gasteiger partial charge in [-0.05, 0) is 56.8 Å². The van der Waals surface area contributed by atoms with Crippen LogP contribution in [0.25, 0.3) is 55.8 Å². The topological polar surface area (TPSA) is 38.7 Å². The molecule has 0 N–H and O–H groups in total. The van der Waals surface area contributed by atoms with Gasteiger partial charge < -0.3 is 0 Å². The highest BCUT2D eigenvalue weighted by atomic mass is 35.5. The minimum absolute atomic E-state index is 0.169. The molecular weight excluding hydrogens is 450 g/mol. The van der Waals surface area contributed by atoms with E-state index in [-0.39, 0.29) is 5.28 Å². The van der Waals surface area contributed by atoms with Crippen molar-refractivity contribution in [1.29, 1.82) is 0 Å². The number of fused-ring (bicyclic) bond motifs is 1. The Hall–Kier alpha value is -4.34. The first-order chi connectivity index (χ1) is 17.3. The Balaban J connectivity index is 1.57. The number of hydrogen-bond donors (Lipinski definition) is 0. The third-order valence-corrected chi connectivity index (χ3v) is 6.24. The molecule has 5 aromatic carbocycles. The molecule has 0 aliphatic rings. The summed E-state index contributed by atoms with van der Waals surface area (Å²) in [5, 5.41) is 2.35. The van der Waals surface area contributed by atoms with Crippen LogP contribution in [-0.2, 0) is 0 Å². The Bertz CT molecular complexity index is 1650. The fourth-order valence-electron chi connectivity index (χ4n) is 4.43. The van der Waals surface area contributed by atoms with Crippen molar-refractivity contribution in [2.75, 3.05) is 0 Å². The van der Waals surface area contributed by atoms with Crippen LogP contribution < -0.4 is 0 Å². The van der Waals surface area contributed by atoms with Crippen LogP contribution in [0.2, 0.25) is 5.28 Å². The van der Waals surface area contributed by atoms with Crippen LogP contribution in [0.3, 0.4) is 0 Å². The van der Waals surface area contributed by atoms with E-state index >= 15 is 0 Å². The molecule has 0 fully saturated rings. The van der Waals surface area contributed by atoms with Gasteiger partial charge in [-0.15, -0.1) is 0 Å². The van der Waals surface area contributed by atoms with E-state index in [1.807, 2.05) is 66.7 Å². The molecule has 4 heteroatoms. The summed E-state index contributed by atoms with van der Waals surface area (Å²) in [6.07, 6.45) is 0. The lowest BCUT2D eigenvalue weighted by Gasteiger charge is -2.13. The molecule has 35 heavy (non-hydrogen) atoms. The first kappa shape index (κ1) is 21.2. The van der Waals surface area contributed by atoms with E-state index < -0.39 is 0 Å². The van der Waals surface area contributed by atoms with Crippen molar-refractivity contribution in [3.63, 3.8) is 0 Å². The van der Waals surface area contributed by atoms with E-state index in [4.69, 9.17) is 16.6 Å². The van der Waals surface area contributed by atoms with Gasteiger partial charge in [-0.1, -0.05) is 109 Å². The van der Waals surface area contributed by atoms with Crippen LogP contribution in [0.5, 0.6) is 0 Å². The van der Waals surface area contributed by atoms with Gasteiger partial charge >= 0.3 is 0 Å². The zero-order valence-electron chi connectivity index (χ0n) is 18.8. The van der Waals surface area contributed by atoms with Gasteiger partial charge in [0.25, 0.3) is 0 Å². The lowest BCUT2D eigenvalue weighted by molar-refractivity contribution is 1.07. The summed E-state index contributed by atoms with van der Waals surface area (Å²) in [6.45, 7) is 0. The molecule has 0 aliphatic heterocycles. The Labute approximate surface area is 208 Å². The maximum absolute atomic E-state index is 6.49. The van der Waals surface area contributed by atoms with Crippen LogP contribution in [0.4, 0.5) is 0 Å². The van der Waals surface area contributed by atoms with Gasteiger partial charge in [-0.25, -0.2) is 4.98 Å². The normalized spacial score (nSPS) is 11.0.